The van der Waals surface area contributed by atoms with Crippen LogP contribution in [-0.4, -0.2) is 39.0 Å². The molecular formula is C16H21N3O5. The third kappa shape index (κ3) is 3.66. The number of carbonyl (C=O) groups is 1. The van der Waals surface area contributed by atoms with Crippen molar-refractivity contribution in [3.63, 3.8) is 0 Å². The average molecular weight is 335 g/mol. The van der Waals surface area contributed by atoms with Crippen LogP contribution in [0.25, 0.3) is 0 Å². The van der Waals surface area contributed by atoms with Crippen LogP contribution in [-0.2, 0) is 22.4 Å². The Morgan fingerprint density at radius 1 is 1.33 bits per heavy atom. The highest BCUT2D eigenvalue weighted by molar-refractivity contribution is 5.80. The summed E-state index contributed by atoms with van der Waals surface area (Å²) >= 11 is 0. The Hall–Kier alpha value is -2.58. The molecule has 0 radical (unpaired) electrons. The van der Waals surface area contributed by atoms with E-state index in [2.05, 4.69) is 4.98 Å². The summed E-state index contributed by atoms with van der Waals surface area (Å²) in [6.45, 7) is 1.56. The van der Waals surface area contributed by atoms with Crippen LogP contribution in [0.2, 0.25) is 0 Å². The lowest BCUT2D eigenvalue weighted by Gasteiger charge is -2.21. The number of amides is 1. The Morgan fingerprint density at radius 3 is 2.58 bits per heavy atom. The fourth-order valence-electron chi connectivity index (χ4n) is 2.57. The second-order valence-corrected chi connectivity index (χ2v) is 5.45. The van der Waals surface area contributed by atoms with E-state index >= 15 is 0 Å². The topological polar surface area (TPSA) is 117 Å². The molecule has 0 fully saturated rings. The maximum absolute atomic E-state index is 12.2. The summed E-state index contributed by atoms with van der Waals surface area (Å²) < 4.78 is 5.97. The molecule has 0 saturated carbocycles. The number of methoxy groups -OCH3 is 1. The van der Waals surface area contributed by atoms with Gasteiger partial charge in [0.15, 0.2) is 0 Å². The molecule has 0 saturated heterocycles. The number of aromatic hydroxyl groups is 1. The first-order valence-corrected chi connectivity index (χ1v) is 7.52. The van der Waals surface area contributed by atoms with Crippen molar-refractivity contribution in [2.45, 2.75) is 31.9 Å². The summed E-state index contributed by atoms with van der Waals surface area (Å²) in [6.07, 6.45) is 0.274. The Kier molecular flexibility index (Phi) is 5.78. The summed E-state index contributed by atoms with van der Waals surface area (Å²) in [5.41, 5.74) is 2.23. The zero-order chi connectivity index (χ0) is 17.7. The highest BCUT2D eigenvalue weighted by Crippen LogP contribution is 2.23. The molecule has 2 atom stereocenters. The van der Waals surface area contributed by atoms with E-state index in [-0.39, 0.29) is 5.88 Å². The molecule has 1 amide bonds. The first-order valence-electron chi connectivity index (χ1n) is 7.52. The fraction of sp³-hybridized carbons (Fsp3) is 0.375. The summed E-state index contributed by atoms with van der Waals surface area (Å²) in [5, 5.41) is 19.3. The molecule has 0 aliphatic rings. The number of hydrogen-bond acceptors (Lipinski definition) is 5. The molecule has 1 aromatic heterocycles. The van der Waals surface area contributed by atoms with Gasteiger partial charge in [-0.1, -0.05) is 30.3 Å². The minimum Gasteiger partial charge on any atom is -0.493 e. The molecule has 2 aromatic rings. The van der Waals surface area contributed by atoms with Crippen molar-refractivity contribution in [2.24, 2.45) is 0 Å². The Balaban J connectivity index is 2.30. The number of aromatic amines is 1. The lowest BCUT2D eigenvalue weighted by molar-refractivity contribution is -0.136. The van der Waals surface area contributed by atoms with E-state index in [1.165, 1.54) is 12.6 Å². The van der Waals surface area contributed by atoms with E-state index in [9.17, 15) is 14.7 Å². The number of aromatic nitrogens is 2. The van der Waals surface area contributed by atoms with Crippen molar-refractivity contribution >= 4 is 5.91 Å². The molecule has 0 spiro atoms. The molecule has 0 bridgehead atoms. The van der Waals surface area contributed by atoms with E-state index in [0.717, 1.165) is 10.1 Å². The minimum absolute atomic E-state index is 0.322. The molecule has 4 N–H and O–H groups in total. The maximum atomic E-state index is 12.2. The van der Waals surface area contributed by atoms with E-state index < -0.39 is 23.7 Å². The van der Waals surface area contributed by atoms with Gasteiger partial charge < -0.3 is 14.8 Å². The maximum Gasteiger partial charge on any atom is 0.329 e. The molecular weight excluding hydrogens is 314 g/mol. The average Bonchev–Trinajstić information content (AvgIpc) is 2.88. The number of carbonyl (C=O) groups excluding carboxylic acids is 1. The standard InChI is InChI=1S/C16H21N3O5/c1-10(24-2)13(14(20)18-23)19-15(21)12(17-16(19)22)9-8-11-6-4-3-5-7-11/h3-7,10,13,21,23H,8-9H2,1-2H3,(H,17,22)(H,18,20)/t10?,13-/m1/s1. The zero-order valence-electron chi connectivity index (χ0n) is 13.5. The molecule has 1 aromatic carbocycles. The summed E-state index contributed by atoms with van der Waals surface area (Å²) in [4.78, 5) is 26.6. The van der Waals surface area contributed by atoms with Crippen molar-refractivity contribution in [3.05, 3.63) is 52.1 Å². The smallest absolute Gasteiger partial charge is 0.329 e. The second kappa shape index (κ2) is 7.80. The van der Waals surface area contributed by atoms with Crippen LogP contribution in [0.3, 0.4) is 0 Å². The minimum atomic E-state index is -1.20. The van der Waals surface area contributed by atoms with Gasteiger partial charge in [-0.2, -0.15) is 0 Å². The quantitative estimate of drug-likeness (QED) is 0.440. The lowest BCUT2D eigenvalue weighted by Crippen LogP contribution is -2.41. The number of hydrogen-bond donors (Lipinski definition) is 4. The van der Waals surface area contributed by atoms with Crippen molar-refractivity contribution in [2.75, 3.05) is 7.11 Å². The van der Waals surface area contributed by atoms with Crippen LogP contribution < -0.4 is 11.2 Å². The molecule has 130 valence electrons. The van der Waals surface area contributed by atoms with Gasteiger partial charge in [0.2, 0.25) is 5.88 Å². The molecule has 1 heterocycles. The van der Waals surface area contributed by atoms with Gasteiger partial charge in [0.1, 0.15) is 6.04 Å². The SMILES string of the molecule is COC(C)[C@H](C(=O)NO)n1c(O)c(CCc2ccccc2)[nH]c1=O. The van der Waals surface area contributed by atoms with Crippen LogP contribution in [0.1, 0.15) is 24.2 Å². The third-order valence-corrected chi connectivity index (χ3v) is 3.95. The molecule has 24 heavy (non-hydrogen) atoms. The van der Waals surface area contributed by atoms with Crippen molar-refractivity contribution < 1.29 is 19.8 Å². The van der Waals surface area contributed by atoms with Crippen LogP contribution in [0.15, 0.2) is 35.1 Å². The number of hydroxylamine groups is 1. The van der Waals surface area contributed by atoms with Crippen molar-refractivity contribution in [1.29, 1.82) is 0 Å². The zero-order valence-corrected chi connectivity index (χ0v) is 13.5. The van der Waals surface area contributed by atoms with Gasteiger partial charge in [0.25, 0.3) is 5.91 Å². The lowest BCUT2D eigenvalue weighted by atomic mass is 10.1. The molecule has 0 aliphatic carbocycles. The second-order valence-electron chi connectivity index (χ2n) is 5.45. The van der Waals surface area contributed by atoms with Crippen LogP contribution in [0.5, 0.6) is 5.88 Å². The largest absolute Gasteiger partial charge is 0.493 e. The van der Waals surface area contributed by atoms with Gasteiger partial charge in [-0.05, 0) is 25.3 Å². The number of H-pyrrole nitrogens is 1. The summed E-state index contributed by atoms with van der Waals surface area (Å²) in [7, 11) is 1.37. The van der Waals surface area contributed by atoms with Crippen molar-refractivity contribution in [3.8, 4) is 5.88 Å². The predicted molar refractivity (Wildman–Crippen MR) is 86.0 cm³/mol. The number of nitrogens with one attached hydrogen (secondary N) is 2. The first-order chi connectivity index (χ1) is 11.5. The summed E-state index contributed by atoms with van der Waals surface area (Å²) in [5.74, 6) is -1.19. The Morgan fingerprint density at radius 2 is 2.00 bits per heavy atom. The number of aryl methyl sites for hydroxylation is 2. The van der Waals surface area contributed by atoms with Gasteiger partial charge in [-0.15, -0.1) is 0 Å². The van der Waals surface area contributed by atoms with Gasteiger partial charge in [-0.3, -0.25) is 10.0 Å². The van der Waals surface area contributed by atoms with E-state index in [4.69, 9.17) is 9.94 Å². The van der Waals surface area contributed by atoms with Crippen LogP contribution >= 0.6 is 0 Å². The van der Waals surface area contributed by atoms with E-state index in [0.29, 0.717) is 18.5 Å². The molecule has 0 aliphatic heterocycles. The number of ether oxygens (including phenoxy) is 1. The number of imidazole rings is 1. The number of rotatable bonds is 7. The third-order valence-electron chi connectivity index (χ3n) is 3.95. The van der Waals surface area contributed by atoms with Gasteiger partial charge in [0, 0.05) is 7.11 Å². The van der Waals surface area contributed by atoms with Gasteiger partial charge >= 0.3 is 5.69 Å². The van der Waals surface area contributed by atoms with Gasteiger partial charge in [0.05, 0.1) is 11.8 Å². The number of benzene rings is 1. The van der Waals surface area contributed by atoms with E-state index in [1.54, 1.807) is 6.92 Å². The molecule has 2 rings (SSSR count). The first kappa shape index (κ1) is 17.8. The summed E-state index contributed by atoms with van der Waals surface area (Å²) in [6, 6.07) is 8.41. The normalized spacial score (nSPS) is 13.5. The number of nitrogens with zero attached hydrogens (tertiary/aromatic N) is 1. The van der Waals surface area contributed by atoms with Gasteiger partial charge in [-0.25, -0.2) is 14.8 Å². The monoisotopic (exact) mass is 335 g/mol. The molecule has 8 nitrogen and oxygen atoms in total. The Labute approximate surface area is 138 Å². The van der Waals surface area contributed by atoms with Crippen LogP contribution in [0.4, 0.5) is 0 Å². The molecule has 1 unspecified atom stereocenters. The highest BCUT2D eigenvalue weighted by atomic mass is 16.5. The predicted octanol–water partition coefficient (Wildman–Crippen LogP) is 0.749. The molecule has 8 heteroatoms. The fourth-order valence-corrected chi connectivity index (χ4v) is 2.57. The van der Waals surface area contributed by atoms with Crippen LogP contribution in [0, 0.1) is 0 Å². The van der Waals surface area contributed by atoms with Crippen molar-refractivity contribution in [1.82, 2.24) is 15.0 Å². The van der Waals surface area contributed by atoms with E-state index in [1.807, 2.05) is 30.3 Å². The Bertz CT molecular complexity index is 738. The highest BCUT2D eigenvalue weighted by Gasteiger charge is 2.32.